The molecule has 2 amide bonds. The van der Waals surface area contributed by atoms with Crippen LogP contribution in [0.3, 0.4) is 0 Å². The minimum atomic E-state index is -0.323. The monoisotopic (exact) mass is 283 g/mol. The Balaban J connectivity index is 2.56. The normalized spacial score (nSPS) is 22.4. The molecule has 20 heavy (non-hydrogen) atoms. The molecule has 0 aromatic carbocycles. The van der Waals surface area contributed by atoms with Gasteiger partial charge in [-0.15, -0.1) is 0 Å². The topological polar surface area (TPSA) is 61.4 Å². The highest BCUT2D eigenvalue weighted by Crippen LogP contribution is 2.31. The van der Waals surface area contributed by atoms with Gasteiger partial charge in [0.25, 0.3) is 0 Å². The third-order valence-electron chi connectivity index (χ3n) is 4.20. The molecule has 1 rings (SSSR count). The van der Waals surface area contributed by atoms with Crippen LogP contribution in [0.5, 0.6) is 0 Å². The van der Waals surface area contributed by atoms with Crippen molar-refractivity contribution in [2.75, 3.05) is 32.7 Å². The van der Waals surface area contributed by atoms with Crippen molar-refractivity contribution >= 4 is 11.8 Å². The summed E-state index contributed by atoms with van der Waals surface area (Å²) in [6, 6.07) is 0. The first-order valence-corrected chi connectivity index (χ1v) is 7.86. The lowest BCUT2D eigenvalue weighted by Gasteiger charge is -2.36. The summed E-state index contributed by atoms with van der Waals surface area (Å²) in [6.07, 6.45) is 3.81. The van der Waals surface area contributed by atoms with Gasteiger partial charge in [-0.25, -0.2) is 0 Å². The lowest BCUT2D eigenvalue weighted by molar-refractivity contribution is -0.137. The molecule has 5 heteroatoms. The van der Waals surface area contributed by atoms with E-state index in [4.69, 9.17) is 0 Å². The molecule has 1 unspecified atom stereocenters. The Hall–Kier alpha value is -1.10. The highest BCUT2D eigenvalue weighted by atomic mass is 16.2. The van der Waals surface area contributed by atoms with Gasteiger partial charge in [-0.05, 0) is 39.7 Å². The predicted octanol–water partition coefficient (Wildman–Crippen LogP) is 1.14. The standard InChI is InChI=1S/C15H29N3O2/c1-4-8-15(9-7-10-16-12-15)14(20)17-11-13(19)18(5-2)6-3/h16H,4-12H2,1-3H3,(H,17,20). The van der Waals surface area contributed by atoms with E-state index in [0.717, 1.165) is 38.8 Å². The summed E-state index contributed by atoms with van der Waals surface area (Å²) < 4.78 is 0. The fourth-order valence-corrected chi connectivity index (χ4v) is 3.00. The van der Waals surface area contributed by atoms with Gasteiger partial charge in [-0.1, -0.05) is 13.3 Å². The van der Waals surface area contributed by atoms with Crippen molar-refractivity contribution in [1.29, 1.82) is 0 Å². The smallest absolute Gasteiger partial charge is 0.241 e. The second-order valence-electron chi connectivity index (χ2n) is 5.56. The molecule has 0 aromatic heterocycles. The van der Waals surface area contributed by atoms with Crippen LogP contribution in [0, 0.1) is 5.41 Å². The van der Waals surface area contributed by atoms with E-state index >= 15 is 0 Å². The van der Waals surface area contributed by atoms with Crippen LogP contribution in [0.4, 0.5) is 0 Å². The Morgan fingerprint density at radius 2 is 1.95 bits per heavy atom. The number of likely N-dealkylation sites (N-methyl/N-ethyl adjacent to an activating group) is 1. The highest BCUT2D eigenvalue weighted by Gasteiger charge is 2.38. The zero-order chi connectivity index (χ0) is 15.0. The number of amides is 2. The van der Waals surface area contributed by atoms with Gasteiger partial charge in [0.15, 0.2) is 0 Å². The minimum absolute atomic E-state index is 0.00114. The number of hydrogen-bond donors (Lipinski definition) is 2. The largest absolute Gasteiger partial charge is 0.347 e. The van der Waals surface area contributed by atoms with Crippen LogP contribution in [0.1, 0.15) is 46.5 Å². The first-order chi connectivity index (χ1) is 9.59. The van der Waals surface area contributed by atoms with E-state index < -0.39 is 0 Å². The molecule has 2 N–H and O–H groups in total. The van der Waals surface area contributed by atoms with Crippen LogP contribution >= 0.6 is 0 Å². The Bertz CT molecular complexity index is 316. The van der Waals surface area contributed by atoms with Crippen LogP contribution in [0.25, 0.3) is 0 Å². The van der Waals surface area contributed by atoms with Gasteiger partial charge < -0.3 is 15.5 Å². The Morgan fingerprint density at radius 3 is 2.45 bits per heavy atom. The van der Waals surface area contributed by atoms with Crippen molar-refractivity contribution in [2.45, 2.75) is 46.5 Å². The lowest BCUT2D eigenvalue weighted by atomic mass is 9.76. The van der Waals surface area contributed by atoms with E-state index in [9.17, 15) is 9.59 Å². The molecule has 5 nitrogen and oxygen atoms in total. The molecule has 0 aliphatic carbocycles. The van der Waals surface area contributed by atoms with Gasteiger partial charge in [0.05, 0.1) is 12.0 Å². The third kappa shape index (κ3) is 4.20. The Kier molecular flexibility index (Phi) is 6.99. The maximum atomic E-state index is 12.5. The number of nitrogens with zero attached hydrogens (tertiary/aromatic N) is 1. The summed E-state index contributed by atoms with van der Waals surface area (Å²) in [5.74, 6) is 0.0332. The van der Waals surface area contributed by atoms with Crippen LogP contribution in [0.15, 0.2) is 0 Å². The van der Waals surface area contributed by atoms with Crippen molar-refractivity contribution < 1.29 is 9.59 Å². The summed E-state index contributed by atoms with van der Waals surface area (Å²) in [5.41, 5.74) is -0.323. The maximum absolute atomic E-state index is 12.5. The molecule has 1 aliphatic heterocycles. The molecule has 0 spiro atoms. The van der Waals surface area contributed by atoms with Gasteiger partial charge in [0.2, 0.25) is 11.8 Å². The molecule has 0 saturated carbocycles. The van der Waals surface area contributed by atoms with Crippen molar-refractivity contribution in [3.8, 4) is 0 Å². The molecule has 1 saturated heterocycles. The highest BCUT2D eigenvalue weighted by molar-refractivity contribution is 5.88. The SMILES string of the molecule is CCCC1(C(=O)NCC(=O)N(CC)CC)CCCNC1. The molecular formula is C15H29N3O2. The number of hydrogen-bond acceptors (Lipinski definition) is 3. The van der Waals surface area contributed by atoms with E-state index in [1.54, 1.807) is 4.90 Å². The first kappa shape index (κ1) is 17.0. The number of piperidine rings is 1. The van der Waals surface area contributed by atoms with Gasteiger partial charge >= 0.3 is 0 Å². The average molecular weight is 283 g/mol. The minimum Gasteiger partial charge on any atom is -0.347 e. The molecule has 1 atom stereocenters. The Morgan fingerprint density at radius 1 is 1.25 bits per heavy atom. The number of carbonyl (C=O) groups is 2. The summed E-state index contributed by atoms with van der Waals surface area (Å²) in [4.78, 5) is 26.2. The van der Waals surface area contributed by atoms with Crippen molar-refractivity contribution in [3.05, 3.63) is 0 Å². The van der Waals surface area contributed by atoms with Crippen LogP contribution in [0.2, 0.25) is 0 Å². The van der Waals surface area contributed by atoms with Gasteiger partial charge in [-0.3, -0.25) is 9.59 Å². The Labute approximate surface area is 122 Å². The van der Waals surface area contributed by atoms with Crippen LogP contribution in [-0.4, -0.2) is 49.4 Å². The maximum Gasteiger partial charge on any atom is 0.241 e. The second-order valence-corrected chi connectivity index (χ2v) is 5.56. The molecule has 0 bridgehead atoms. The summed E-state index contributed by atoms with van der Waals surface area (Å²) in [5, 5.41) is 6.17. The molecule has 1 aliphatic rings. The molecule has 1 heterocycles. The molecule has 0 radical (unpaired) electrons. The number of rotatable bonds is 7. The van der Waals surface area contributed by atoms with E-state index in [1.807, 2.05) is 13.8 Å². The van der Waals surface area contributed by atoms with Crippen molar-refractivity contribution in [2.24, 2.45) is 5.41 Å². The summed E-state index contributed by atoms with van der Waals surface area (Å²) in [7, 11) is 0. The zero-order valence-electron chi connectivity index (χ0n) is 13.1. The van der Waals surface area contributed by atoms with Gasteiger partial charge in [0, 0.05) is 19.6 Å². The zero-order valence-corrected chi connectivity index (χ0v) is 13.1. The summed E-state index contributed by atoms with van der Waals surface area (Å²) in [6.45, 7) is 9.21. The van der Waals surface area contributed by atoms with Crippen LogP contribution in [-0.2, 0) is 9.59 Å². The third-order valence-corrected chi connectivity index (χ3v) is 4.20. The fourth-order valence-electron chi connectivity index (χ4n) is 3.00. The lowest BCUT2D eigenvalue weighted by Crippen LogP contribution is -2.52. The number of carbonyl (C=O) groups excluding carboxylic acids is 2. The second kappa shape index (κ2) is 8.25. The molecule has 116 valence electrons. The average Bonchev–Trinajstić information content (AvgIpc) is 2.47. The van der Waals surface area contributed by atoms with Crippen molar-refractivity contribution in [1.82, 2.24) is 15.5 Å². The van der Waals surface area contributed by atoms with Crippen molar-refractivity contribution in [3.63, 3.8) is 0 Å². The van der Waals surface area contributed by atoms with E-state index in [0.29, 0.717) is 13.1 Å². The quantitative estimate of drug-likeness (QED) is 0.736. The molecule has 1 fully saturated rings. The first-order valence-electron chi connectivity index (χ1n) is 7.86. The predicted molar refractivity (Wildman–Crippen MR) is 80.4 cm³/mol. The van der Waals surface area contributed by atoms with E-state index in [2.05, 4.69) is 17.6 Å². The van der Waals surface area contributed by atoms with E-state index in [1.165, 1.54) is 0 Å². The van der Waals surface area contributed by atoms with E-state index in [-0.39, 0.29) is 23.8 Å². The summed E-state index contributed by atoms with van der Waals surface area (Å²) >= 11 is 0. The number of nitrogens with one attached hydrogen (secondary N) is 2. The fraction of sp³-hybridized carbons (Fsp3) is 0.867. The molecular weight excluding hydrogens is 254 g/mol. The van der Waals surface area contributed by atoms with Gasteiger partial charge in [-0.2, -0.15) is 0 Å². The van der Waals surface area contributed by atoms with Gasteiger partial charge in [0.1, 0.15) is 0 Å². The van der Waals surface area contributed by atoms with Crippen LogP contribution < -0.4 is 10.6 Å². The molecule has 0 aromatic rings.